The molecule has 1 aliphatic carbocycles. The van der Waals surface area contributed by atoms with E-state index in [9.17, 15) is 0 Å². The zero-order valence-corrected chi connectivity index (χ0v) is 15.2. The third kappa shape index (κ3) is 6.73. The number of hydrogen-bond donors (Lipinski definition) is 0. The second kappa shape index (κ2) is 9.96. The molecule has 0 bridgehead atoms. The van der Waals surface area contributed by atoms with Crippen LogP contribution in [0.1, 0.15) is 71.6 Å². The van der Waals surface area contributed by atoms with E-state index in [0.717, 1.165) is 18.4 Å². The zero-order valence-electron chi connectivity index (χ0n) is 14.2. The van der Waals surface area contributed by atoms with Crippen molar-refractivity contribution >= 4 is 8.56 Å². The molecule has 2 unspecified atom stereocenters. The Morgan fingerprint density at radius 2 is 1.85 bits per heavy atom. The molecule has 0 radical (unpaired) electrons. The van der Waals surface area contributed by atoms with Crippen molar-refractivity contribution < 1.29 is 8.85 Å². The second-order valence-electron chi connectivity index (χ2n) is 6.77. The standard InChI is InChI=1S/C17H36O2Si/c1-5-7-11-16(6-2)15-20(4,18-3)19-14-17-12-9-8-10-13-17/h16-17H,5-15H2,1-4H3. The van der Waals surface area contributed by atoms with E-state index in [-0.39, 0.29) is 0 Å². The van der Waals surface area contributed by atoms with Gasteiger partial charge in [-0.1, -0.05) is 58.8 Å². The van der Waals surface area contributed by atoms with Crippen molar-refractivity contribution in [3.63, 3.8) is 0 Å². The van der Waals surface area contributed by atoms with E-state index in [4.69, 9.17) is 8.85 Å². The predicted octanol–water partition coefficient (Wildman–Crippen LogP) is 5.52. The minimum absolute atomic E-state index is 0.790. The van der Waals surface area contributed by atoms with E-state index in [1.54, 1.807) is 0 Å². The summed E-state index contributed by atoms with van der Waals surface area (Å²) in [6.07, 6.45) is 12.2. The van der Waals surface area contributed by atoms with Crippen LogP contribution in [-0.2, 0) is 8.85 Å². The summed E-state index contributed by atoms with van der Waals surface area (Å²) >= 11 is 0. The van der Waals surface area contributed by atoms with Gasteiger partial charge in [-0.3, -0.25) is 0 Å². The van der Waals surface area contributed by atoms with Gasteiger partial charge in [0.15, 0.2) is 0 Å². The Morgan fingerprint density at radius 1 is 1.15 bits per heavy atom. The van der Waals surface area contributed by atoms with Gasteiger partial charge in [-0.25, -0.2) is 0 Å². The fourth-order valence-corrected chi connectivity index (χ4v) is 5.85. The van der Waals surface area contributed by atoms with Crippen LogP contribution in [0.25, 0.3) is 0 Å². The third-order valence-corrected chi connectivity index (χ3v) is 7.94. The van der Waals surface area contributed by atoms with Crippen molar-refractivity contribution in [3.05, 3.63) is 0 Å². The fourth-order valence-electron chi connectivity index (χ4n) is 3.32. The summed E-state index contributed by atoms with van der Waals surface area (Å²) in [7, 11) is -0.0806. The minimum Gasteiger partial charge on any atom is -0.398 e. The highest BCUT2D eigenvalue weighted by Crippen LogP contribution is 2.29. The molecule has 0 aliphatic heterocycles. The monoisotopic (exact) mass is 300 g/mol. The van der Waals surface area contributed by atoms with Crippen LogP contribution in [0.3, 0.4) is 0 Å². The van der Waals surface area contributed by atoms with Crippen molar-refractivity contribution in [2.24, 2.45) is 11.8 Å². The van der Waals surface area contributed by atoms with Crippen LogP contribution in [0.15, 0.2) is 0 Å². The van der Waals surface area contributed by atoms with Crippen molar-refractivity contribution in [1.82, 2.24) is 0 Å². The van der Waals surface area contributed by atoms with E-state index in [1.165, 1.54) is 63.8 Å². The largest absolute Gasteiger partial charge is 0.398 e. The van der Waals surface area contributed by atoms with Crippen LogP contribution in [0.2, 0.25) is 12.6 Å². The normalized spacial score (nSPS) is 21.6. The molecule has 20 heavy (non-hydrogen) atoms. The first kappa shape index (κ1) is 18.2. The summed E-state index contributed by atoms with van der Waals surface area (Å²) in [5.41, 5.74) is 0. The molecule has 1 rings (SSSR count). The van der Waals surface area contributed by atoms with E-state index >= 15 is 0 Å². The fraction of sp³-hybridized carbons (Fsp3) is 1.00. The molecule has 120 valence electrons. The molecule has 0 N–H and O–H groups in total. The molecule has 1 aliphatic rings. The van der Waals surface area contributed by atoms with Gasteiger partial charge < -0.3 is 8.85 Å². The molecule has 0 aromatic heterocycles. The molecule has 2 atom stereocenters. The molecule has 1 saturated carbocycles. The Kier molecular flexibility index (Phi) is 9.06. The SMILES string of the molecule is CCCCC(CC)C[Si](C)(OC)OCC1CCCCC1. The van der Waals surface area contributed by atoms with Crippen LogP contribution in [0.4, 0.5) is 0 Å². The lowest BCUT2D eigenvalue weighted by molar-refractivity contribution is 0.147. The molecule has 0 spiro atoms. The molecule has 0 heterocycles. The quantitative estimate of drug-likeness (QED) is 0.495. The molecule has 0 aromatic carbocycles. The summed E-state index contributed by atoms with van der Waals surface area (Å²) in [4.78, 5) is 0. The first-order chi connectivity index (χ1) is 9.63. The molecule has 0 aromatic rings. The number of hydrogen-bond acceptors (Lipinski definition) is 2. The Hall–Kier alpha value is 0.137. The first-order valence-corrected chi connectivity index (χ1v) is 11.3. The van der Waals surface area contributed by atoms with E-state index in [0.29, 0.717) is 0 Å². The van der Waals surface area contributed by atoms with Gasteiger partial charge in [0.05, 0.1) is 0 Å². The van der Waals surface area contributed by atoms with Crippen molar-refractivity contribution in [1.29, 1.82) is 0 Å². The average molecular weight is 301 g/mol. The smallest absolute Gasteiger partial charge is 0.334 e. The second-order valence-corrected chi connectivity index (χ2v) is 10.1. The summed E-state index contributed by atoms with van der Waals surface area (Å²) in [6.45, 7) is 7.80. The summed E-state index contributed by atoms with van der Waals surface area (Å²) < 4.78 is 12.2. The van der Waals surface area contributed by atoms with E-state index < -0.39 is 8.56 Å². The topological polar surface area (TPSA) is 18.5 Å². The maximum absolute atomic E-state index is 6.35. The van der Waals surface area contributed by atoms with E-state index in [2.05, 4.69) is 20.4 Å². The van der Waals surface area contributed by atoms with Crippen LogP contribution >= 0.6 is 0 Å². The molecular formula is C17H36O2Si. The summed E-state index contributed by atoms with van der Waals surface area (Å²) in [5.74, 6) is 1.58. The Labute approximate surface area is 127 Å². The highest BCUT2D eigenvalue weighted by atomic mass is 28.4. The van der Waals surface area contributed by atoms with Crippen molar-refractivity contribution in [2.45, 2.75) is 84.2 Å². The molecule has 3 heteroatoms. The Bertz CT molecular complexity index is 241. The van der Waals surface area contributed by atoms with Crippen LogP contribution in [-0.4, -0.2) is 22.3 Å². The van der Waals surface area contributed by atoms with Crippen LogP contribution < -0.4 is 0 Å². The average Bonchev–Trinajstić information content (AvgIpc) is 2.50. The van der Waals surface area contributed by atoms with Gasteiger partial charge in [-0.2, -0.15) is 0 Å². The summed E-state index contributed by atoms with van der Waals surface area (Å²) in [6, 6.07) is 1.17. The molecule has 0 saturated heterocycles. The lowest BCUT2D eigenvalue weighted by Gasteiger charge is -2.31. The van der Waals surface area contributed by atoms with Crippen LogP contribution in [0, 0.1) is 11.8 Å². The Balaban J connectivity index is 2.38. The van der Waals surface area contributed by atoms with Gasteiger partial charge in [-0.15, -0.1) is 0 Å². The molecular weight excluding hydrogens is 264 g/mol. The first-order valence-electron chi connectivity index (χ1n) is 8.82. The lowest BCUT2D eigenvalue weighted by Crippen LogP contribution is -2.41. The van der Waals surface area contributed by atoms with Gasteiger partial charge in [-0.05, 0) is 37.3 Å². The molecule has 2 nitrogen and oxygen atoms in total. The number of unbranched alkanes of at least 4 members (excludes halogenated alkanes) is 1. The maximum Gasteiger partial charge on any atom is 0.334 e. The molecule has 1 fully saturated rings. The van der Waals surface area contributed by atoms with E-state index in [1.807, 2.05) is 7.11 Å². The highest BCUT2D eigenvalue weighted by molar-refractivity contribution is 6.66. The maximum atomic E-state index is 6.35. The van der Waals surface area contributed by atoms with Gasteiger partial charge in [0.2, 0.25) is 0 Å². The summed E-state index contributed by atoms with van der Waals surface area (Å²) in [5, 5.41) is 0. The lowest BCUT2D eigenvalue weighted by atomic mass is 9.90. The third-order valence-electron chi connectivity index (χ3n) is 4.98. The number of rotatable bonds is 10. The predicted molar refractivity (Wildman–Crippen MR) is 89.3 cm³/mol. The van der Waals surface area contributed by atoms with Gasteiger partial charge in [0.1, 0.15) is 0 Å². The van der Waals surface area contributed by atoms with Gasteiger partial charge >= 0.3 is 8.56 Å². The van der Waals surface area contributed by atoms with Crippen molar-refractivity contribution in [3.8, 4) is 0 Å². The Morgan fingerprint density at radius 3 is 2.40 bits per heavy atom. The van der Waals surface area contributed by atoms with Crippen molar-refractivity contribution in [2.75, 3.05) is 13.7 Å². The zero-order chi connectivity index (χ0) is 14.8. The molecule has 0 amide bonds. The van der Waals surface area contributed by atoms with Gasteiger partial charge in [0.25, 0.3) is 0 Å². The van der Waals surface area contributed by atoms with Gasteiger partial charge in [0, 0.05) is 13.7 Å². The highest BCUT2D eigenvalue weighted by Gasteiger charge is 2.34. The minimum atomic E-state index is -1.94. The van der Waals surface area contributed by atoms with Crippen LogP contribution in [0.5, 0.6) is 0 Å².